The number of amides is 1. The van der Waals surface area contributed by atoms with Gasteiger partial charge in [-0.1, -0.05) is 31.0 Å². The van der Waals surface area contributed by atoms with Gasteiger partial charge >= 0.3 is 0 Å². The summed E-state index contributed by atoms with van der Waals surface area (Å²) in [5, 5.41) is 11.4. The molecule has 1 aliphatic carbocycles. The lowest BCUT2D eigenvalue weighted by atomic mass is 9.85. The number of nitrogens with zero attached hydrogens (tertiary/aromatic N) is 4. The van der Waals surface area contributed by atoms with E-state index in [1.54, 1.807) is 4.90 Å². The predicted octanol–water partition coefficient (Wildman–Crippen LogP) is 3.94. The Hall–Kier alpha value is -2.10. The van der Waals surface area contributed by atoms with E-state index in [9.17, 15) is 4.79 Å². The zero-order valence-corrected chi connectivity index (χ0v) is 22.8. The maximum absolute atomic E-state index is 12.8. The number of carbonyl (C=O) groups excluding carboxylic acids is 1. The summed E-state index contributed by atoms with van der Waals surface area (Å²) >= 11 is 0. The van der Waals surface area contributed by atoms with Gasteiger partial charge in [0.25, 0.3) is 0 Å². The SMILES string of the molecule is CCNC(=NCC1(C(=O)N(C)C)CCCC1)NCCCc1cn(-c2ccccc2)nc1C.I. The highest BCUT2D eigenvalue weighted by atomic mass is 127. The molecule has 1 saturated carbocycles. The molecular weight excluding hydrogens is 527 g/mol. The molecule has 1 aromatic carbocycles. The summed E-state index contributed by atoms with van der Waals surface area (Å²) in [7, 11) is 3.69. The molecule has 8 heteroatoms. The van der Waals surface area contributed by atoms with E-state index in [0.29, 0.717) is 6.54 Å². The van der Waals surface area contributed by atoms with Gasteiger partial charge in [0.2, 0.25) is 5.91 Å². The van der Waals surface area contributed by atoms with Gasteiger partial charge in [0.15, 0.2) is 5.96 Å². The maximum atomic E-state index is 12.8. The third kappa shape index (κ3) is 7.19. The van der Waals surface area contributed by atoms with Crippen LogP contribution in [-0.4, -0.2) is 60.3 Å². The van der Waals surface area contributed by atoms with E-state index in [1.807, 2.05) is 37.0 Å². The van der Waals surface area contributed by atoms with Crippen LogP contribution >= 0.6 is 24.0 Å². The minimum atomic E-state index is -0.338. The molecule has 0 bridgehead atoms. The third-order valence-corrected chi connectivity index (χ3v) is 6.24. The summed E-state index contributed by atoms with van der Waals surface area (Å²) < 4.78 is 1.95. The summed E-state index contributed by atoms with van der Waals surface area (Å²) in [6.07, 6.45) is 8.13. The van der Waals surface area contributed by atoms with Gasteiger partial charge in [-0.2, -0.15) is 5.10 Å². The van der Waals surface area contributed by atoms with E-state index in [2.05, 4.69) is 47.9 Å². The molecule has 1 amide bonds. The van der Waals surface area contributed by atoms with E-state index >= 15 is 0 Å². The zero-order chi connectivity index (χ0) is 23.0. The van der Waals surface area contributed by atoms with Crippen molar-refractivity contribution < 1.29 is 4.79 Å². The van der Waals surface area contributed by atoms with E-state index in [4.69, 9.17) is 4.99 Å². The molecule has 1 aliphatic rings. The molecule has 0 aliphatic heterocycles. The van der Waals surface area contributed by atoms with Gasteiger partial charge in [-0.15, -0.1) is 24.0 Å². The summed E-state index contributed by atoms with van der Waals surface area (Å²) in [6.45, 7) is 6.29. The lowest BCUT2D eigenvalue weighted by Crippen LogP contribution is -2.43. The number of aromatic nitrogens is 2. The largest absolute Gasteiger partial charge is 0.357 e. The van der Waals surface area contributed by atoms with Crippen LogP contribution in [-0.2, 0) is 11.2 Å². The number of hydrogen-bond donors (Lipinski definition) is 2. The van der Waals surface area contributed by atoms with Gasteiger partial charge < -0.3 is 15.5 Å². The summed E-state index contributed by atoms with van der Waals surface area (Å²) in [5.74, 6) is 1.00. The topological polar surface area (TPSA) is 74.6 Å². The molecule has 0 atom stereocenters. The second kappa shape index (κ2) is 13.0. The Morgan fingerprint density at radius 1 is 1.18 bits per heavy atom. The summed E-state index contributed by atoms with van der Waals surface area (Å²) in [5.41, 5.74) is 3.07. The van der Waals surface area contributed by atoms with Gasteiger partial charge in [0.1, 0.15) is 0 Å². The molecule has 7 nitrogen and oxygen atoms in total. The van der Waals surface area contributed by atoms with Crippen LogP contribution in [0.15, 0.2) is 41.5 Å². The predicted molar refractivity (Wildman–Crippen MR) is 146 cm³/mol. The number of halogens is 1. The Labute approximate surface area is 215 Å². The van der Waals surface area contributed by atoms with Crippen molar-refractivity contribution in [3.05, 3.63) is 47.8 Å². The quantitative estimate of drug-likeness (QED) is 0.209. The fraction of sp³-hybridized carbons (Fsp3) is 0.560. The third-order valence-electron chi connectivity index (χ3n) is 6.24. The number of aryl methyl sites for hydroxylation is 2. The van der Waals surface area contributed by atoms with Gasteiger partial charge in [0.05, 0.1) is 23.3 Å². The molecule has 1 aromatic heterocycles. The Kier molecular flexibility index (Phi) is 10.7. The first-order valence-electron chi connectivity index (χ1n) is 11.8. The molecule has 0 saturated heterocycles. The Balaban J connectivity index is 0.00000385. The Bertz CT molecular complexity index is 903. The first-order chi connectivity index (χ1) is 15.4. The molecule has 0 spiro atoms. The number of rotatable bonds is 9. The monoisotopic (exact) mass is 566 g/mol. The average Bonchev–Trinajstić information content (AvgIpc) is 3.42. The highest BCUT2D eigenvalue weighted by Gasteiger charge is 2.42. The van der Waals surface area contributed by atoms with Crippen molar-refractivity contribution in [2.45, 2.75) is 52.4 Å². The van der Waals surface area contributed by atoms with Crippen molar-refractivity contribution in [2.24, 2.45) is 10.4 Å². The minimum Gasteiger partial charge on any atom is -0.357 e. The first kappa shape index (κ1) is 27.1. The van der Waals surface area contributed by atoms with E-state index in [0.717, 1.165) is 69.0 Å². The number of guanidine groups is 1. The van der Waals surface area contributed by atoms with Crippen molar-refractivity contribution in [3.63, 3.8) is 0 Å². The van der Waals surface area contributed by atoms with Crippen LogP contribution in [0.25, 0.3) is 5.69 Å². The Morgan fingerprint density at radius 3 is 2.52 bits per heavy atom. The Morgan fingerprint density at radius 2 is 1.88 bits per heavy atom. The van der Waals surface area contributed by atoms with Crippen LogP contribution in [0.1, 0.15) is 50.3 Å². The lowest BCUT2D eigenvalue weighted by Gasteiger charge is -2.29. The molecule has 0 unspecified atom stereocenters. The minimum absolute atomic E-state index is 0. The number of nitrogens with one attached hydrogen (secondary N) is 2. The van der Waals surface area contributed by atoms with Crippen LogP contribution in [0, 0.1) is 12.3 Å². The number of carbonyl (C=O) groups is 1. The molecule has 2 aromatic rings. The molecular formula is C25H39IN6O. The molecule has 1 fully saturated rings. The number of hydrogen-bond acceptors (Lipinski definition) is 3. The standard InChI is InChI=1S/C25H38N6O.HI/c1-5-26-24(28-19-25(15-9-10-16-25)23(32)30(3)4)27-17-11-12-21-18-31(29-20(21)2)22-13-7-6-8-14-22;/h6-8,13-14,18H,5,9-12,15-17,19H2,1-4H3,(H2,26,27,28);1H. The van der Waals surface area contributed by atoms with Crippen molar-refractivity contribution in [1.82, 2.24) is 25.3 Å². The zero-order valence-electron chi connectivity index (χ0n) is 20.4. The molecule has 33 heavy (non-hydrogen) atoms. The second-order valence-electron chi connectivity index (χ2n) is 8.93. The molecule has 2 N–H and O–H groups in total. The van der Waals surface area contributed by atoms with Gasteiger partial charge in [-0.25, -0.2) is 4.68 Å². The average molecular weight is 567 g/mol. The first-order valence-corrected chi connectivity index (χ1v) is 11.8. The fourth-order valence-electron chi connectivity index (χ4n) is 4.48. The van der Waals surface area contributed by atoms with Crippen molar-refractivity contribution in [3.8, 4) is 5.69 Å². The van der Waals surface area contributed by atoms with E-state index in [1.165, 1.54) is 5.56 Å². The number of para-hydroxylation sites is 1. The van der Waals surface area contributed by atoms with Crippen molar-refractivity contribution >= 4 is 35.8 Å². The smallest absolute Gasteiger partial charge is 0.230 e. The van der Waals surface area contributed by atoms with Crippen LogP contribution < -0.4 is 10.6 Å². The van der Waals surface area contributed by atoms with E-state index in [-0.39, 0.29) is 35.3 Å². The van der Waals surface area contributed by atoms with Crippen LogP contribution in [0.3, 0.4) is 0 Å². The molecule has 0 radical (unpaired) electrons. The second-order valence-corrected chi connectivity index (χ2v) is 8.93. The highest BCUT2D eigenvalue weighted by molar-refractivity contribution is 14.0. The van der Waals surface area contributed by atoms with Gasteiger partial charge in [-0.3, -0.25) is 9.79 Å². The van der Waals surface area contributed by atoms with Crippen LogP contribution in [0.4, 0.5) is 0 Å². The van der Waals surface area contributed by atoms with Gasteiger partial charge in [0, 0.05) is 33.4 Å². The maximum Gasteiger partial charge on any atom is 0.230 e. The van der Waals surface area contributed by atoms with E-state index < -0.39 is 0 Å². The molecule has 182 valence electrons. The van der Waals surface area contributed by atoms with Crippen LogP contribution in [0.2, 0.25) is 0 Å². The highest BCUT2D eigenvalue weighted by Crippen LogP contribution is 2.39. The summed E-state index contributed by atoms with van der Waals surface area (Å²) in [6, 6.07) is 10.2. The summed E-state index contributed by atoms with van der Waals surface area (Å²) in [4.78, 5) is 19.3. The van der Waals surface area contributed by atoms with Crippen LogP contribution in [0.5, 0.6) is 0 Å². The molecule has 1 heterocycles. The van der Waals surface area contributed by atoms with Gasteiger partial charge in [-0.05, 0) is 57.2 Å². The lowest BCUT2D eigenvalue weighted by molar-refractivity contribution is -0.138. The van der Waals surface area contributed by atoms with Crippen molar-refractivity contribution in [2.75, 3.05) is 33.7 Å². The normalized spacial score (nSPS) is 15.1. The number of benzene rings is 1. The fourth-order valence-corrected chi connectivity index (χ4v) is 4.48. The molecule has 3 rings (SSSR count). The van der Waals surface area contributed by atoms with Crippen molar-refractivity contribution in [1.29, 1.82) is 0 Å². The number of aliphatic imine (C=N–C) groups is 1.